The molecule has 0 atom stereocenters. The zero-order chi connectivity index (χ0) is 23.6. The molecule has 0 heterocycles. The van der Waals surface area contributed by atoms with Gasteiger partial charge in [0.05, 0.1) is 10.9 Å². The Hall–Kier alpha value is -1.63. The van der Waals surface area contributed by atoms with Crippen molar-refractivity contribution >= 4 is 18.7 Å². The van der Waals surface area contributed by atoms with Gasteiger partial charge in [0, 0.05) is 0 Å². The fourth-order valence-corrected chi connectivity index (χ4v) is 4.47. The van der Waals surface area contributed by atoms with Gasteiger partial charge in [-0.15, -0.1) is 0 Å². The number of aryl methyl sites for hydroxylation is 3. The first-order valence-corrected chi connectivity index (χ1v) is 15.2. The van der Waals surface area contributed by atoms with Crippen LogP contribution in [-0.4, -0.2) is 14.7 Å². The molecule has 3 rings (SSSR count). The second kappa shape index (κ2) is 13.0. The monoisotopic (exact) mass is 635 g/mol. The molecule has 0 aliphatic carbocycles. The molecule has 10 heteroatoms. The van der Waals surface area contributed by atoms with Crippen LogP contribution in [0, 0.1) is 20.8 Å². The van der Waals surface area contributed by atoms with Gasteiger partial charge >= 0.3 is 36.0 Å². The van der Waals surface area contributed by atoms with Crippen molar-refractivity contribution in [3.63, 3.8) is 0 Å². The third-order valence-corrected chi connectivity index (χ3v) is 6.00. The van der Waals surface area contributed by atoms with Crippen molar-refractivity contribution in [2.75, 3.05) is 0 Å². The van der Waals surface area contributed by atoms with E-state index in [2.05, 4.69) is 93.6 Å². The molecule has 0 fully saturated rings. The van der Waals surface area contributed by atoms with Gasteiger partial charge < -0.3 is 14.7 Å². The average molecular weight is 635 g/mol. The van der Waals surface area contributed by atoms with Gasteiger partial charge in [-0.2, -0.15) is 0 Å². The van der Waals surface area contributed by atoms with Crippen molar-refractivity contribution in [2.45, 2.75) is 35.5 Å². The number of hydrogen-bond donors (Lipinski definition) is 3. The average Bonchev–Trinajstić information content (AvgIpc) is 2.65. The summed E-state index contributed by atoms with van der Waals surface area (Å²) in [5.41, 5.74) is 3.92. The van der Waals surface area contributed by atoms with Crippen molar-refractivity contribution < 1.29 is 47.4 Å². The summed E-state index contributed by atoms with van der Waals surface area (Å²) in [5.74, 6) is 0. The van der Waals surface area contributed by atoms with E-state index in [0.29, 0.717) is 0 Å². The van der Waals surface area contributed by atoms with E-state index < -0.39 is 25.4 Å². The first-order valence-electron chi connectivity index (χ1n) is 8.86. The molecule has 0 unspecified atom stereocenters. The summed E-state index contributed by atoms with van der Waals surface area (Å²) in [6.45, 7) is 6.42. The zero-order valence-corrected chi connectivity index (χ0v) is 21.8. The van der Waals surface area contributed by atoms with Gasteiger partial charge in [0.1, 0.15) is 0 Å². The maximum absolute atomic E-state index is 8.88. The molecule has 0 spiro atoms. The van der Waals surface area contributed by atoms with E-state index in [4.69, 9.17) is 29.8 Å². The predicted molar refractivity (Wildman–Crippen MR) is 111 cm³/mol. The van der Waals surface area contributed by atoms with Gasteiger partial charge in [0.25, 0.3) is 0 Å². The molecule has 0 saturated carbocycles. The standard InChI is InChI=1S/C21H21S.H3O4P.3O.W/c1-16-4-10-19(11-5-16)22(20-12-6-17(2)7-13-20)21-14-8-18(3)9-15-21;1-5(2,3)4;;;;/h4-15H,1-3H3;(H3,1,2,3,4);;;;/q+1;;;;-1;. The number of hydrogen-bond acceptors (Lipinski definition) is 4. The van der Waals surface area contributed by atoms with Crippen LogP contribution in [0.4, 0.5) is 0 Å². The molecular weight excluding hydrogens is 611 g/mol. The van der Waals surface area contributed by atoms with E-state index in [1.54, 1.807) is 0 Å². The Labute approximate surface area is 190 Å². The minimum absolute atomic E-state index is 0.0394. The van der Waals surface area contributed by atoms with Crippen LogP contribution in [0.3, 0.4) is 0 Å². The maximum atomic E-state index is 8.88. The Bertz CT molecular complexity index is 936. The van der Waals surface area contributed by atoms with Crippen molar-refractivity contribution in [3.05, 3.63) is 89.5 Å². The molecule has 3 aromatic rings. The summed E-state index contributed by atoms with van der Waals surface area (Å²) in [5, 5.41) is 0. The summed E-state index contributed by atoms with van der Waals surface area (Å²) in [4.78, 5) is 25.7. The molecule has 0 amide bonds. The van der Waals surface area contributed by atoms with Crippen LogP contribution >= 0.6 is 7.82 Å². The summed E-state index contributed by atoms with van der Waals surface area (Å²) in [6.07, 6.45) is 0. The molecule has 0 aliphatic rings. The summed E-state index contributed by atoms with van der Waals surface area (Å²) in [6, 6.07) is 26.8. The Balaban J connectivity index is 0.000000454. The zero-order valence-electron chi connectivity index (χ0n) is 17.2. The first kappa shape index (κ1) is 27.4. The molecular formula is C21H24O7PSW. The van der Waals surface area contributed by atoms with Crippen LogP contribution in [-0.2, 0) is 39.9 Å². The van der Waals surface area contributed by atoms with Crippen LogP contribution in [0.1, 0.15) is 16.7 Å². The Morgan fingerprint density at radius 3 is 0.968 bits per heavy atom. The predicted octanol–water partition coefficient (Wildman–Crippen LogP) is 3.35. The van der Waals surface area contributed by atoms with E-state index in [-0.39, 0.29) is 10.9 Å². The second-order valence-corrected chi connectivity index (χ2v) is 11.0. The Morgan fingerprint density at radius 1 is 0.645 bits per heavy atom. The van der Waals surface area contributed by atoms with Crippen molar-refractivity contribution in [3.8, 4) is 0 Å². The Morgan fingerprint density at radius 2 is 0.806 bits per heavy atom. The summed E-state index contributed by atoms with van der Waals surface area (Å²) < 4.78 is 34.7. The SMILES string of the molecule is Cc1ccc([S+](c2ccc(C)cc2)c2ccc(C)cc2)cc1.O=P(O)(O)O.[O]=[W](=[O])[O-]. The van der Waals surface area contributed by atoms with Crippen LogP contribution in [0.15, 0.2) is 87.5 Å². The molecule has 3 aromatic carbocycles. The van der Waals surface area contributed by atoms with Gasteiger partial charge in [-0.05, 0) is 57.2 Å². The van der Waals surface area contributed by atoms with E-state index in [0.717, 1.165) is 0 Å². The van der Waals surface area contributed by atoms with Crippen molar-refractivity contribution in [1.82, 2.24) is 0 Å². The van der Waals surface area contributed by atoms with Gasteiger partial charge in [-0.1, -0.05) is 53.1 Å². The van der Waals surface area contributed by atoms with E-state index in [1.807, 2.05) is 0 Å². The third-order valence-electron chi connectivity index (χ3n) is 3.77. The molecule has 0 aliphatic heterocycles. The summed E-state index contributed by atoms with van der Waals surface area (Å²) >= 11 is -4.28. The van der Waals surface area contributed by atoms with Crippen LogP contribution in [0.25, 0.3) is 0 Å². The molecule has 31 heavy (non-hydrogen) atoms. The molecule has 0 radical (unpaired) electrons. The van der Waals surface area contributed by atoms with Gasteiger partial charge in [-0.3, -0.25) is 0 Å². The van der Waals surface area contributed by atoms with Crippen LogP contribution < -0.4 is 3.76 Å². The number of benzene rings is 3. The van der Waals surface area contributed by atoms with E-state index in [9.17, 15) is 0 Å². The molecule has 7 nitrogen and oxygen atoms in total. The number of phosphoric acid groups is 1. The molecule has 0 saturated heterocycles. The molecule has 167 valence electrons. The van der Waals surface area contributed by atoms with Gasteiger partial charge in [0.2, 0.25) is 0 Å². The van der Waals surface area contributed by atoms with Crippen molar-refractivity contribution in [1.29, 1.82) is 0 Å². The topological polar surface area (TPSA) is 135 Å². The van der Waals surface area contributed by atoms with Crippen molar-refractivity contribution in [2.24, 2.45) is 0 Å². The van der Waals surface area contributed by atoms with Crippen LogP contribution in [0.2, 0.25) is 0 Å². The normalized spacial score (nSPS) is 10.5. The fraction of sp³-hybridized carbons (Fsp3) is 0.143. The second-order valence-electron chi connectivity index (χ2n) is 6.46. The summed E-state index contributed by atoms with van der Waals surface area (Å²) in [7, 11) is -4.68. The third kappa shape index (κ3) is 12.1. The van der Waals surface area contributed by atoms with Crippen LogP contribution in [0.5, 0.6) is 0 Å². The first-order chi connectivity index (χ1) is 14.4. The van der Waals surface area contributed by atoms with E-state index >= 15 is 0 Å². The van der Waals surface area contributed by atoms with Gasteiger partial charge in [0.15, 0.2) is 14.7 Å². The molecule has 0 bridgehead atoms. The van der Waals surface area contributed by atoms with E-state index in [1.165, 1.54) is 31.4 Å². The minimum atomic E-state index is -4.64. The Kier molecular flexibility index (Phi) is 11.5. The quantitative estimate of drug-likeness (QED) is 0.297. The number of rotatable bonds is 3. The molecule has 3 N–H and O–H groups in total. The molecule has 0 aromatic heterocycles. The van der Waals surface area contributed by atoms with Gasteiger partial charge in [-0.25, -0.2) is 4.57 Å². The fourth-order valence-electron chi connectivity index (χ4n) is 2.43.